The van der Waals surface area contributed by atoms with Gasteiger partial charge in [-0.05, 0) is 16.1 Å². The van der Waals surface area contributed by atoms with Crippen LogP contribution in [0.5, 0.6) is 0 Å². The molecule has 0 unspecified atom stereocenters. The van der Waals surface area contributed by atoms with E-state index in [2.05, 4.69) is 10.3 Å². The second kappa shape index (κ2) is 1.82. The van der Waals surface area contributed by atoms with Gasteiger partial charge in [-0.3, -0.25) is 4.79 Å². The highest BCUT2D eigenvalue weighted by atomic mass is 16.5. The Kier molecular flexibility index (Phi) is 0.974. The highest BCUT2D eigenvalue weighted by Gasteiger charge is 2.05. The van der Waals surface area contributed by atoms with Gasteiger partial charge in [0.15, 0.2) is 0 Å². The largest absolute Gasteiger partial charge is 0.445 e. The zero-order valence-corrected chi connectivity index (χ0v) is 5.26. The van der Waals surface area contributed by atoms with Gasteiger partial charge in [0.25, 0.3) is 5.71 Å². The van der Waals surface area contributed by atoms with E-state index >= 15 is 0 Å². The topological polar surface area (TPSA) is 81.2 Å². The molecule has 0 saturated heterocycles. The predicted molar refractivity (Wildman–Crippen MR) is 33.2 cm³/mol. The maximum absolute atomic E-state index is 10.9. The summed E-state index contributed by atoms with van der Waals surface area (Å²) in [6.07, 6.45) is 1.31. The second-order valence-electron chi connectivity index (χ2n) is 1.92. The smallest absolute Gasteiger partial charge is 0.317 e. The molecular weight excluding hydrogens is 150 g/mol. The molecule has 1 N–H and O–H groups in total. The van der Waals surface area contributed by atoms with Gasteiger partial charge in [-0.1, -0.05) is 5.10 Å². The Morgan fingerprint density at radius 3 is 3.27 bits per heavy atom. The van der Waals surface area contributed by atoms with Crippen LogP contribution in [0.2, 0.25) is 0 Å². The first kappa shape index (κ1) is 5.90. The van der Waals surface area contributed by atoms with Crippen LogP contribution < -0.4 is 5.56 Å². The van der Waals surface area contributed by atoms with Crippen molar-refractivity contribution in [1.29, 1.82) is 0 Å². The van der Waals surface area contributed by atoms with Crippen molar-refractivity contribution in [1.82, 2.24) is 15.2 Å². The average Bonchev–Trinajstić information content (AvgIpc) is 2.45. The number of nitrogens with zero attached hydrogens (tertiary/aromatic N) is 3. The molecule has 2 aromatic rings. The first-order valence-electron chi connectivity index (χ1n) is 2.81. The molecule has 11 heavy (non-hydrogen) atoms. The summed E-state index contributed by atoms with van der Waals surface area (Å²) >= 11 is 0. The molecule has 0 atom stereocenters. The van der Waals surface area contributed by atoms with Gasteiger partial charge in [0, 0.05) is 0 Å². The van der Waals surface area contributed by atoms with Gasteiger partial charge in [-0.25, -0.2) is 0 Å². The molecule has 0 amide bonds. The normalized spacial score (nSPS) is 10.5. The minimum Gasteiger partial charge on any atom is -0.445 e. The van der Waals surface area contributed by atoms with Gasteiger partial charge in [-0.2, -0.15) is 0 Å². The molecule has 0 aliphatic carbocycles. The van der Waals surface area contributed by atoms with Crippen molar-refractivity contribution in [3.63, 3.8) is 0 Å². The molecule has 0 radical (unpaired) electrons. The van der Waals surface area contributed by atoms with Crippen LogP contribution in [0.1, 0.15) is 0 Å². The number of furan rings is 1. The van der Waals surface area contributed by atoms with E-state index in [9.17, 15) is 4.79 Å². The maximum Gasteiger partial charge on any atom is 0.317 e. The fraction of sp³-hybridized carbons (Fsp3) is 0. The van der Waals surface area contributed by atoms with Crippen LogP contribution in [0.3, 0.4) is 0 Å². The molecule has 2 rings (SSSR count). The molecule has 0 aliphatic rings. The minimum absolute atomic E-state index is 0.125. The lowest BCUT2D eigenvalue weighted by molar-refractivity contribution is 0.127. The van der Waals surface area contributed by atoms with Crippen LogP contribution in [0.25, 0.3) is 11.1 Å². The number of fused-ring (bicyclic) bond motifs is 1. The Labute approximate surface area is 59.6 Å². The highest BCUT2D eigenvalue weighted by Crippen LogP contribution is 2.03. The number of hydrogen-bond donors (Lipinski definition) is 1. The Bertz CT molecular complexity index is 443. The third-order valence-corrected chi connectivity index (χ3v) is 1.28. The van der Waals surface area contributed by atoms with Crippen molar-refractivity contribution in [2.75, 3.05) is 0 Å². The lowest BCUT2D eigenvalue weighted by atomic mass is 10.4. The van der Waals surface area contributed by atoms with Crippen LogP contribution in [-0.4, -0.2) is 20.4 Å². The summed E-state index contributed by atoms with van der Waals surface area (Å²) in [7, 11) is 0. The molecule has 0 aliphatic heterocycles. The summed E-state index contributed by atoms with van der Waals surface area (Å²) in [5.41, 5.74) is -0.510. The third-order valence-electron chi connectivity index (χ3n) is 1.28. The molecule has 0 bridgehead atoms. The minimum atomic E-state index is -0.635. The first-order valence-corrected chi connectivity index (χ1v) is 2.81. The molecule has 0 saturated carbocycles. The van der Waals surface area contributed by atoms with Crippen molar-refractivity contribution in [3.8, 4) is 0 Å². The van der Waals surface area contributed by atoms with E-state index in [1.807, 2.05) is 0 Å². The van der Waals surface area contributed by atoms with Gasteiger partial charge in [0.05, 0.1) is 6.26 Å². The molecule has 0 fully saturated rings. The average molecular weight is 153 g/mol. The predicted octanol–water partition coefficient (Wildman–Crippen LogP) is -0.378. The van der Waals surface area contributed by atoms with Crippen LogP contribution in [0.15, 0.2) is 21.5 Å². The van der Waals surface area contributed by atoms with E-state index in [1.54, 1.807) is 0 Å². The Hall–Kier alpha value is -1.85. The molecule has 2 aromatic heterocycles. The molecule has 0 aromatic carbocycles. The fourth-order valence-electron chi connectivity index (χ4n) is 0.773. The molecule has 6 heteroatoms. The zero-order valence-electron chi connectivity index (χ0n) is 5.26. The third kappa shape index (κ3) is 0.689. The number of hydrogen-bond acceptors (Lipinski definition) is 5. The van der Waals surface area contributed by atoms with Crippen molar-refractivity contribution < 1.29 is 9.62 Å². The van der Waals surface area contributed by atoms with E-state index in [-0.39, 0.29) is 15.9 Å². The Morgan fingerprint density at radius 2 is 2.45 bits per heavy atom. The van der Waals surface area contributed by atoms with Crippen LogP contribution in [0, 0.1) is 0 Å². The highest BCUT2D eigenvalue weighted by molar-refractivity contribution is 5.70. The van der Waals surface area contributed by atoms with Crippen molar-refractivity contribution in [2.24, 2.45) is 0 Å². The van der Waals surface area contributed by atoms with E-state index in [1.165, 1.54) is 12.3 Å². The summed E-state index contributed by atoms with van der Waals surface area (Å²) in [5, 5.41) is 15.4. The quantitative estimate of drug-likeness (QED) is 0.522. The molecule has 6 nitrogen and oxygen atoms in total. The Morgan fingerprint density at radius 1 is 1.64 bits per heavy atom. The van der Waals surface area contributed by atoms with Gasteiger partial charge >= 0.3 is 5.56 Å². The fourth-order valence-corrected chi connectivity index (χ4v) is 0.773. The van der Waals surface area contributed by atoms with E-state index in [0.717, 1.165) is 0 Å². The van der Waals surface area contributed by atoms with E-state index in [4.69, 9.17) is 9.62 Å². The van der Waals surface area contributed by atoms with Gasteiger partial charge < -0.3 is 9.62 Å². The van der Waals surface area contributed by atoms with Crippen LogP contribution >= 0.6 is 0 Å². The van der Waals surface area contributed by atoms with Gasteiger partial charge in [0.1, 0.15) is 5.39 Å². The SMILES string of the molecule is O=c1c2ccoc2nnn1O. The van der Waals surface area contributed by atoms with Crippen molar-refractivity contribution in [2.45, 2.75) is 0 Å². The van der Waals surface area contributed by atoms with Crippen LogP contribution in [-0.2, 0) is 0 Å². The second-order valence-corrected chi connectivity index (χ2v) is 1.92. The lowest BCUT2D eigenvalue weighted by Crippen LogP contribution is -2.20. The standard InChI is InChI=1S/C5H3N3O3/c9-5-3-1-2-11-4(3)6-7-8(5)10/h1-2,10H. The molecule has 56 valence electrons. The summed E-state index contributed by atoms with van der Waals surface area (Å²) < 4.78 is 4.76. The summed E-state index contributed by atoms with van der Waals surface area (Å²) in [6, 6.07) is 1.42. The van der Waals surface area contributed by atoms with Crippen LogP contribution in [0.4, 0.5) is 0 Å². The number of rotatable bonds is 0. The summed E-state index contributed by atoms with van der Waals surface area (Å²) in [5.74, 6) is 0. The summed E-state index contributed by atoms with van der Waals surface area (Å²) in [4.78, 5) is 11.1. The van der Waals surface area contributed by atoms with E-state index < -0.39 is 5.56 Å². The molecular formula is C5H3N3O3. The molecule has 0 spiro atoms. The first-order chi connectivity index (χ1) is 5.29. The van der Waals surface area contributed by atoms with Gasteiger partial charge in [-0.15, -0.1) is 0 Å². The monoisotopic (exact) mass is 153 g/mol. The zero-order chi connectivity index (χ0) is 7.84. The van der Waals surface area contributed by atoms with Crippen molar-refractivity contribution >= 4 is 11.1 Å². The molecule has 2 heterocycles. The van der Waals surface area contributed by atoms with E-state index in [0.29, 0.717) is 0 Å². The Balaban J connectivity index is 3.05. The lowest BCUT2D eigenvalue weighted by Gasteiger charge is -1.88. The van der Waals surface area contributed by atoms with Crippen molar-refractivity contribution in [3.05, 3.63) is 22.7 Å². The van der Waals surface area contributed by atoms with Gasteiger partial charge in [0.2, 0.25) is 0 Å². The number of aromatic nitrogens is 3. The summed E-state index contributed by atoms with van der Waals surface area (Å²) in [6.45, 7) is 0. The maximum atomic E-state index is 10.9.